The summed E-state index contributed by atoms with van der Waals surface area (Å²) >= 11 is 0. The second kappa shape index (κ2) is 19.0. The zero-order chi connectivity index (χ0) is 24.3. The Bertz CT molecular complexity index is 536. The summed E-state index contributed by atoms with van der Waals surface area (Å²) in [7, 11) is 0. The van der Waals surface area contributed by atoms with Gasteiger partial charge in [-0.2, -0.15) is 0 Å². The number of unbranched alkanes of at least 4 members (excludes halogenated alkanes) is 10. The molecule has 0 saturated heterocycles. The molecule has 0 radical (unpaired) electrons. The summed E-state index contributed by atoms with van der Waals surface area (Å²) in [5, 5.41) is 29.5. The topological polar surface area (TPSA) is 115 Å². The third-order valence-corrected chi connectivity index (χ3v) is 5.57. The molecule has 0 bridgehead atoms. The Labute approximate surface area is 199 Å². The minimum absolute atomic E-state index is 0.0162. The van der Waals surface area contributed by atoms with E-state index in [-0.39, 0.29) is 24.7 Å². The van der Waals surface area contributed by atoms with E-state index in [9.17, 15) is 20.1 Å². The van der Waals surface area contributed by atoms with Crippen molar-refractivity contribution < 1.29 is 39.1 Å². The van der Waals surface area contributed by atoms with Gasteiger partial charge in [0.1, 0.15) is 18.8 Å². The van der Waals surface area contributed by atoms with Crippen molar-refractivity contribution in [2.24, 2.45) is 0 Å². The zero-order valence-electron chi connectivity index (χ0n) is 20.6. The van der Waals surface area contributed by atoms with E-state index in [1.54, 1.807) is 0 Å². The number of carbonyl (C=O) groups is 1. The SMILES string of the molecule is CCCCCCCCOCC(O)COC1=C(OCCCCCCCC)C(=O)O[C@@H]1[C@@H](O)CO. The Morgan fingerprint density at radius 1 is 0.818 bits per heavy atom. The number of ether oxygens (including phenoxy) is 4. The largest absolute Gasteiger partial charge is 0.487 e. The minimum atomic E-state index is -1.33. The predicted molar refractivity (Wildman–Crippen MR) is 125 cm³/mol. The molecular formula is C25H46O8. The van der Waals surface area contributed by atoms with Crippen molar-refractivity contribution in [3.63, 3.8) is 0 Å². The van der Waals surface area contributed by atoms with E-state index in [1.165, 1.54) is 44.9 Å². The Morgan fingerprint density at radius 2 is 1.39 bits per heavy atom. The van der Waals surface area contributed by atoms with Crippen molar-refractivity contribution >= 4 is 5.97 Å². The smallest absolute Gasteiger partial charge is 0.378 e. The molecule has 0 saturated carbocycles. The first-order chi connectivity index (χ1) is 16.0. The number of rotatable bonds is 22. The van der Waals surface area contributed by atoms with Gasteiger partial charge in [0.2, 0.25) is 5.76 Å². The van der Waals surface area contributed by atoms with Crippen molar-refractivity contribution in [3.05, 3.63) is 11.5 Å². The highest BCUT2D eigenvalue weighted by Gasteiger charge is 2.42. The molecule has 1 heterocycles. The molecule has 1 unspecified atom stereocenters. The third kappa shape index (κ3) is 12.6. The van der Waals surface area contributed by atoms with E-state index in [1.807, 2.05) is 0 Å². The predicted octanol–water partition coefficient (Wildman–Crippen LogP) is 3.61. The van der Waals surface area contributed by atoms with Crippen LogP contribution in [0.3, 0.4) is 0 Å². The molecule has 33 heavy (non-hydrogen) atoms. The molecule has 0 amide bonds. The van der Waals surface area contributed by atoms with Crippen LogP contribution in [0.1, 0.15) is 90.9 Å². The second-order valence-corrected chi connectivity index (χ2v) is 8.69. The van der Waals surface area contributed by atoms with Gasteiger partial charge in [-0.05, 0) is 12.8 Å². The lowest BCUT2D eigenvalue weighted by atomic mass is 10.1. The van der Waals surface area contributed by atoms with Crippen LogP contribution in [-0.4, -0.2) is 72.6 Å². The number of carbonyl (C=O) groups excluding carboxylic acids is 1. The minimum Gasteiger partial charge on any atom is -0.487 e. The van der Waals surface area contributed by atoms with Crippen molar-refractivity contribution in [3.8, 4) is 0 Å². The van der Waals surface area contributed by atoms with E-state index >= 15 is 0 Å². The molecule has 8 heteroatoms. The fourth-order valence-electron chi connectivity index (χ4n) is 3.57. The van der Waals surface area contributed by atoms with E-state index in [4.69, 9.17) is 18.9 Å². The number of aliphatic hydroxyl groups is 3. The highest BCUT2D eigenvalue weighted by molar-refractivity contribution is 5.89. The van der Waals surface area contributed by atoms with Gasteiger partial charge in [0.15, 0.2) is 11.9 Å². The summed E-state index contributed by atoms with van der Waals surface area (Å²) < 4.78 is 21.9. The highest BCUT2D eigenvalue weighted by atomic mass is 16.6. The molecule has 1 aliphatic rings. The van der Waals surface area contributed by atoms with Crippen LogP contribution in [0, 0.1) is 0 Å². The summed E-state index contributed by atoms with van der Waals surface area (Å²) in [6, 6.07) is 0. The Morgan fingerprint density at radius 3 is 2.00 bits per heavy atom. The van der Waals surface area contributed by atoms with Gasteiger partial charge in [0.25, 0.3) is 0 Å². The molecule has 0 aliphatic carbocycles. The molecule has 3 N–H and O–H groups in total. The molecule has 1 aliphatic heterocycles. The first-order valence-electron chi connectivity index (χ1n) is 12.8. The van der Waals surface area contributed by atoms with E-state index < -0.39 is 30.9 Å². The van der Waals surface area contributed by atoms with Gasteiger partial charge in [-0.1, -0.05) is 78.1 Å². The number of esters is 1. The average Bonchev–Trinajstić information content (AvgIpc) is 3.13. The van der Waals surface area contributed by atoms with Crippen molar-refractivity contribution in [1.29, 1.82) is 0 Å². The van der Waals surface area contributed by atoms with Crippen molar-refractivity contribution in [2.45, 2.75) is 109 Å². The van der Waals surface area contributed by atoms with Crippen LogP contribution >= 0.6 is 0 Å². The number of cyclic esters (lactones) is 1. The molecule has 0 aromatic carbocycles. The number of hydrogen-bond acceptors (Lipinski definition) is 8. The number of aliphatic hydroxyl groups excluding tert-OH is 3. The van der Waals surface area contributed by atoms with Crippen molar-refractivity contribution in [1.82, 2.24) is 0 Å². The zero-order valence-corrected chi connectivity index (χ0v) is 20.6. The molecule has 0 aromatic rings. The van der Waals surface area contributed by atoms with Crippen LogP contribution in [0.15, 0.2) is 11.5 Å². The van der Waals surface area contributed by atoms with Gasteiger partial charge in [-0.3, -0.25) is 0 Å². The van der Waals surface area contributed by atoms with Crippen LogP contribution < -0.4 is 0 Å². The van der Waals surface area contributed by atoms with E-state index in [0.717, 1.165) is 32.1 Å². The fraction of sp³-hybridized carbons (Fsp3) is 0.880. The fourth-order valence-corrected chi connectivity index (χ4v) is 3.57. The van der Waals surface area contributed by atoms with Crippen LogP contribution in [0.25, 0.3) is 0 Å². The third-order valence-electron chi connectivity index (χ3n) is 5.57. The molecule has 0 spiro atoms. The maximum atomic E-state index is 12.2. The normalized spacial score (nSPS) is 17.8. The molecule has 8 nitrogen and oxygen atoms in total. The standard InChI is InChI=1S/C25H46O8/c1-3-5-7-9-11-13-15-30-18-20(27)19-32-23-22(21(28)17-26)33-25(29)24(23)31-16-14-12-10-8-6-4-2/h20-22,26-28H,3-19H2,1-2H3/t20?,21-,22+/m0/s1. The molecule has 3 atom stereocenters. The molecule has 1 rings (SSSR count). The van der Waals surface area contributed by atoms with Crippen LogP contribution in [-0.2, 0) is 23.7 Å². The second-order valence-electron chi connectivity index (χ2n) is 8.69. The van der Waals surface area contributed by atoms with Crippen LogP contribution in [0.4, 0.5) is 0 Å². The number of hydrogen-bond donors (Lipinski definition) is 3. The van der Waals surface area contributed by atoms with Crippen LogP contribution in [0.5, 0.6) is 0 Å². The molecule has 194 valence electrons. The molecule has 0 aromatic heterocycles. The average molecular weight is 475 g/mol. The van der Waals surface area contributed by atoms with Gasteiger partial charge in [-0.25, -0.2) is 4.79 Å². The Kier molecular flexibility index (Phi) is 17.1. The summed E-state index contributed by atoms with van der Waals surface area (Å²) in [6.45, 7) is 4.63. The summed E-state index contributed by atoms with van der Waals surface area (Å²) in [5.74, 6) is -0.814. The van der Waals surface area contributed by atoms with Crippen molar-refractivity contribution in [2.75, 3.05) is 33.0 Å². The van der Waals surface area contributed by atoms with Gasteiger partial charge in [0.05, 0.1) is 19.8 Å². The highest BCUT2D eigenvalue weighted by Crippen LogP contribution is 2.28. The Hall–Kier alpha value is -1.35. The molecule has 0 fully saturated rings. The lowest BCUT2D eigenvalue weighted by Crippen LogP contribution is -2.33. The summed E-state index contributed by atoms with van der Waals surface area (Å²) in [5.41, 5.74) is 0. The quantitative estimate of drug-likeness (QED) is 0.161. The van der Waals surface area contributed by atoms with E-state index in [0.29, 0.717) is 13.2 Å². The van der Waals surface area contributed by atoms with Gasteiger partial charge < -0.3 is 34.3 Å². The molecular weight excluding hydrogens is 428 g/mol. The van der Waals surface area contributed by atoms with Gasteiger partial charge in [-0.15, -0.1) is 0 Å². The lowest BCUT2D eigenvalue weighted by Gasteiger charge is -2.20. The van der Waals surface area contributed by atoms with E-state index in [2.05, 4.69) is 13.8 Å². The first kappa shape index (κ1) is 29.7. The Balaban J connectivity index is 2.44. The summed E-state index contributed by atoms with van der Waals surface area (Å²) in [4.78, 5) is 12.2. The monoisotopic (exact) mass is 474 g/mol. The lowest BCUT2D eigenvalue weighted by molar-refractivity contribution is -0.149. The summed E-state index contributed by atoms with van der Waals surface area (Å²) in [6.07, 6.45) is 10.1. The van der Waals surface area contributed by atoms with Crippen LogP contribution in [0.2, 0.25) is 0 Å². The maximum Gasteiger partial charge on any atom is 0.378 e. The van der Waals surface area contributed by atoms with Gasteiger partial charge >= 0.3 is 5.97 Å². The first-order valence-corrected chi connectivity index (χ1v) is 12.8. The maximum absolute atomic E-state index is 12.2. The van der Waals surface area contributed by atoms with Gasteiger partial charge in [0, 0.05) is 6.61 Å².